The van der Waals surface area contributed by atoms with Crippen molar-refractivity contribution in [1.82, 2.24) is 5.32 Å². The van der Waals surface area contributed by atoms with Gasteiger partial charge in [0.15, 0.2) is 0 Å². The van der Waals surface area contributed by atoms with Gasteiger partial charge in [-0.25, -0.2) is 0 Å². The number of nitrogens with one attached hydrogen (secondary N) is 1. The lowest BCUT2D eigenvalue weighted by molar-refractivity contribution is -0.0473. The first-order chi connectivity index (χ1) is 6.93. The average Bonchev–Trinajstić information content (AvgIpc) is 2.14. The fourth-order valence-electron chi connectivity index (χ4n) is 2.03. The van der Waals surface area contributed by atoms with Gasteiger partial charge in [-0.1, -0.05) is 0 Å². The molecule has 0 aromatic carbocycles. The summed E-state index contributed by atoms with van der Waals surface area (Å²) in [6.07, 6.45) is 2.95. The number of hydrogen-bond donors (Lipinski definition) is 1. The molecule has 3 heteroatoms. The Morgan fingerprint density at radius 2 is 1.80 bits per heavy atom. The molecule has 0 aromatic rings. The van der Waals surface area contributed by atoms with Crippen LogP contribution in [0.4, 0.5) is 0 Å². The van der Waals surface area contributed by atoms with Crippen LogP contribution in [0.25, 0.3) is 0 Å². The van der Waals surface area contributed by atoms with Gasteiger partial charge in [0.1, 0.15) is 0 Å². The zero-order valence-corrected chi connectivity index (χ0v) is 10.7. The van der Waals surface area contributed by atoms with Gasteiger partial charge in [-0.3, -0.25) is 0 Å². The Balaban J connectivity index is 2.32. The Labute approximate surface area is 93.5 Å². The molecule has 0 radical (unpaired) electrons. The molecule has 1 aliphatic heterocycles. The van der Waals surface area contributed by atoms with Crippen molar-refractivity contribution >= 4 is 0 Å². The van der Waals surface area contributed by atoms with Gasteiger partial charge in [0, 0.05) is 19.7 Å². The average molecular weight is 215 g/mol. The molecule has 1 aliphatic rings. The highest BCUT2D eigenvalue weighted by atomic mass is 16.5. The van der Waals surface area contributed by atoms with E-state index in [2.05, 4.69) is 33.0 Å². The number of ether oxygens (including phenoxy) is 2. The van der Waals surface area contributed by atoms with Crippen molar-refractivity contribution in [3.63, 3.8) is 0 Å². The van der Waals surface area contributed by atoms with Crippen molar-refractivity contribution in [3.8, 4) is 0 Å². The van der Waals surface area contributed by atoms with Crippen LogP contribution in [0.3, 0.4) is 0 Å². The minimum Gasteiger partial charge on any atom is -0.377 e. The van der Waals surface area contributed by atoms with E-state index in [1.807, 2.05) is 0 Å². The molecule has 0 aromatic heterocycles. The van der Waals surface area contributed by atoms with Crippen LogP contribution < -0.4 is 5.32 Å². The summed E-state index contributed by atoms with van der Waals surface area (Å²) in [5.41, 5.74) is -0.0786. The maximum atomic E-state index is 5.70. The van der Waals surface area contributed by atoms with E-state index < -0.39 is 0 Å². The summed E-state index contributed by atoms with van der Waals surface area (Å²) in [5, 5.41) is 3.57. The third kappa shape index (κ3) is 4.49. The zero-order chi connectivity index (χ0) is 11.5. The van der Waals surface area contributed by atoms with E-state index in [0.717, 1.165) is 19.4 Å². The van der Waals surface area contributed by atoms with Crippen LogP contribution in [-0.2, 0) is 9.47 Å². The van der Waals surface area contributed by atoms with Crippen molar-refractivity contribution in [3.05, 3.63) is 0 Å². The molecule has 0 aliphatic carbocycles. The minimum absolute atomic E-state index is 0.0786. The van der Waals surface area contributed by atoms with E-state index in [1.165, 1.54) is 0 Å². The summed E-state index contributed by atoms with van der Waals surface area (Å²) in [7, 11) is 1.76. The lowest BCUT2D eigenvalue weighted by Gasteiger charge is -2.34. The second-order valence-corrected chi connectivity index (χ2v) is 5.27. The summed E-state index contributed by atoms with van der Waals surface area (Å²) in [6.45, 7) is 9.39. The van der Waals surface area contributed by atoms with Crippen LogP contribution in [0.15, 0.2) is 0 Å². The lowest BCUT2D eigenvalue weighted by Crippen LogP contribution is -2.46. The lowest BCUT2D eigenvalue weighted by atomic mass is 9.99. The number of methoxy groups -OCH3 is 1. The van der Waals surface area contributed by atoms with E-state index in [0.29, 0.717) is 18.2 Å². The highest BCUT2D eigenvalue weighted by Gasteiger charge is 2.26. The molecule has 1 N–H and O–H groups in total. The topological polar surface area (TPSA) is 30.5 Å². The molecule has 0 spiro atoms. The van der Waals surface area contributed by atoms with E-state index in [9.17, 15) is 0 Å². The molecule has 0 saturated carbocycles. The van der Waals surface area contributed by atoms with Gasteiger partial charge in [-0.05, 0) is 40.5 Å². The van der Waals surface area contributed by atoms with E-state index in [-0.39, 0.29) is 5.60 Å². The summed E-state index contributed by atoms with van der Waals surface area (Å²) in [4.78, 5) is 0. The van der Waals surface area contributed by atoms with Gasteiger partial charge in [-0.2, -0.15) is 0 Å². The van der Waals surface area contributed by atoms with Crippen LogP contribution in [0.2, 0.25) is 0 Å². The Morgan fingerprint density at radius 3 is 2.27 bits per heavy atom. The highest BCUT2D eigenvalue weighted by molar-refractivity contribution is 4.81. The first kappa shape index (κ1) is 12.9. The van der Waals surface area contributed by atoms with Gasteiger partial charge in [0.2, 0.25) is 0 Å². The van der Waals surface area contributed by atoms with Crippen LogP contribution in [0, 0.1) is 0 Å². The van der Waals surface area contributed by atoms with Crippen LogP contribution in [0.5, 0.6) is 0 Å². The molecule has 2 unspecified atom stereocenters. The Bertz CT molecular complexity index is 184. The second-order valence-electron chi connectivity index (χ2n) is 5.27. The van der Waals surface area contributed by atoms with Crippen LogP contribution in [0.1, 0.15) is 40.5 Å². The maximum Gasteiger partial charge on any atom is 0.0746 e. The smallest absolute Gasteiger partial charge is 0.0746 e. The summed E-state index contributed by atoms with van der Waals surface area (Å²) in [5.74, 6) is 0. The molecule has 0 bridgehead atoms. The van der Waals surface area contributed by atoms with E-state index >= 15 is 0 Å². The van der Waals surface area contributed by atoms with Crippen LogP contribution >= 0.6 is 0 Å². The fraction of sp³-hybridized carbons (Fsp3) is 1.00. The summed E-state index contributed by atoms with van der Waals surface area (Å²) < 4.78 is 11.1. The normalized spacial score (nSPS) is 33.0. The molecule has 1 rings (SSSR count). The molecule has 1 fully saturated rings. The largest absolute Gasteiger partial charge is 0.377 e. The molecule has 0 amide bonds. The number of hydrogen-bond acceptors (Lipinski definition) is 3. The number of rotatable bonds is 4. The molecule has 90 valence electrons. The van der Waals surface area contributed by atoms with E-state index in [1.54, 1.807) is 7.11 Å². The predicted octanol–water partition coefficient (Wildman–Crippen LogP) is 1.96. The monoisotopic (exact) mass is 215 g/mol. The summed E-state index contributed by atoms with van der Waals surface area (Å²) >= 11 is 0. The third-order valence-corrected chi connectivity index (χ3v) is 3.07. The SMILES string of the molecule is COC(C)(C)CNC1CC(C)OC(C)C1. The Hall–Kier alpha value is -0.120. The van der Waals surface area contributed by atoms with Crippen molar-refractivity contribution in [2.45, 2.75) is 64.4 Å². The standard InChI is InChI=1S/C12H25NO2/c1-9-6-11(7-10(2)15-9)13-8-12(3,4)14-5/h9-11,13H,6-8H2,1-5H3. The maximum absolute atomic E-state index is 5.70. The van der Waals surface area contributed by atoms with Crippen molar-refractivity contribution in [2.24, 2.45) is 0 Å². The molecule has 1 heterocycles. The minimum atomic E-state index is -0.0786. The molecule has 3 nitrogen and oxygen atoms in total. The molecule has 2 atom stereocenters. The molecular formula is C12H25NO2. The van der Waals surface area contributed by atoms with Crippen LogP contribution in [-0.4, -0.2) is 37.5 Å². The van der Waals surface area contributed by atoms with Gasteiger partial charge < -0.3 is 14.8 Å². The zero-order valence-electron chi connectivity index (χ0n) is 10.7. The first-order valence-corrected chi connectivity index (χ1v) is 5.87. The predicted molar refractivity (Wildman–Crippen MR) is 62.1 cm³/mol. The van der Waals surface area contributed by atoms with Crippen molar-refractivity contribution in [2.75, 3.05) is 13.7 Å². The van der Waals surface area contributed by atoms with Gasteiger partial charge in [-0.15, -0.1) is 0 Å². The van der Waals surface area contributed by atoms with E-state index in [4.69, 9.17) is 9.47 Å². The first-order valence-electron chi connectivity index (χ1n) is 5.87. The van der Waals surface area contributed by atoms with Gasteiger partial charge in [0.05, 0.1) is 17.8 Å². The molecule has 1 saturated heterocycles. The summed E-state index contributed by atoms with van der Waals surface area (Å²) in [6, 6.07) is 0.568. The molecular weight excluding hydrogens is 190 g/mol. The quantitative estimate of drug-likeness (QED) is 0.777. The highest BCUT2D eigenvalue weighted by Crippen LogP contribution is 2.19. The third-order valence-electron chi connectivity index (χ3n) is 3.07. The van der Waals surface area contributed by atoms with Crippen molar-refractivity contribution in [1.29, 1.82) is 0 Å². The van der Waals surface area contributed by atoms with Gasteiger partial charge in [0.25, 0.3) is 0 Å². The van der Waals surface area contributed by atoms with Gasteiger partial charge >= 0.3 is 0 Å². The Kier molecular flexibility index (Phi) is 4.56. The second kappa shape index (κ2) is 5.28. The Morgan fingerprint density at radius 1 is 1.27 bits per heavy atom. The molecule has 15 heavy (non-hydrogen) atoms. The fourth-order valence-corrected chi connectivity index (χ4v) is 2.03. The van der Waals surface area contributed by atoms with Crippen molar-refractivity contribution < 1.29 is 9.47 Å².